The van der Waals surface area contributed by atoms with Crippen LogP contribution in [0.5, 0.6) is 0 Å². The lowest BCUT2D eigenvalue weighted by Gasteiger charge is -2.27. The average Bonchev–Trinajstić information content (AvgIpc) is 3.27. The summed E-state index contributed by atoms with van der Waals surface area (Å²) in [6.07, 6.45) is 1.95. The molecule has 1 atom stereocenters. The van der Waals surface area contributed by atoms with Crippen molar-refractivity contribution >= 4 is 42.1 Å². The van der Waals surface area contributed by atoms with Gasteiger partial charge in [-0.15, -0.1) is 11.3 Å². The summed E-state index contributed by atoms with van der Waals surface area (Å²) in [7, 11) is -7.17. The third kappa shape index (κ3) is 3.71. The van der Waals surface area contributed by atoms with E-state index in [-0.39, 0.29) is 22.9 Å². The standard InChI is InChI=1S/C19H20N2O4S3/c1-14-10-15-4-2-6-18(19(15)20-11-14)28(24,25)21(12-17-5-3-8-26-17)16-7-9-27(22,23)13-16/h2-6,8,10-11,16H,7,9,12-13H2,1H3. The van der Waals surface area contributed by atoms with Crippen LogP contribution in [0.25, 0.3) is 10.9 Å². The number of aryl methyl sites for hydroxylation is 1. The van der Waals surface area contributed by atoms with Crippen molar-refractivity contribution in [3.05, 3.63) is 58.4 Å². The monoisotopic (exact) mass is 436 g/mol. The summed E-state index contributed by atoms with van der Waals surface area (Å²) >= 11 is 1.46. The highest BCUT2D eigenvalue weighted by molar-refractivity contribution is 7.92. The summed E-state index contributed by atoms with van der Waals surface area (Å²) in [6, 6.07) is 10.1. The highest BCUT2D eigenvalue weighted by Gasteiger charge is 2.39. The molecule has 2 aromatic heterocycles. The number of pyridine rings is 1. The maximum atomic E-state index is 13.7. The lowest BCUT2D eigenvalue weighted by atomic mass is 10.2. The molecule has 3 heterocycles. The van der Waals surface area contributed by atoms with Gasteiger partial charge >= 0.3 is 0 Å². The normalized spacial score (nSPS) is 19.4. The molecule has 28 heavy (non-hydrogen) atoms. The van der Waals surface area contributed by atoms with Crippen molar-refractivity contribution in [1.82, 2.24) is 9.29 Å². The quantitative estimate of drug-likeness (QED) is 0.614. The zero-order chi connectivity index (χ0) is 19.9. The highest BCUT2D eigenvalue weighted by Crippen LogP contribution is 2.31. The van der Waals surface area contributed by atoms with Gasteiger partial charge < -0.3 is 0 Å². The van der Waals surface area contributed by atoms with E-state index in [0.29, 0.717) is 11.9 Å². The lowest BCUT2D eigenvalue weighted by Crippen LogP contribution is -2.40. The largest absolute Gasteiger partial charge is 0.255 e. The van der Waals surface area contributed by atoms with Gasteiger partial charge in [-0.2, -0.15) is 4.31 Å². The van der Waals surface area contributed by atoms with Crippen molar-refractivity contribution in [2.24, 2.45) is 0 Å². The van der Waals surface area contributed by atoms with Gasteiger partial charge in [0.05, 0.1) is 17.0 Å². The molecule has 3 aromatic rings. The van der Waals surface area contributed by atoms with E-state index in [1.54, 1.807) is 18.3 Å². The number of sulfone groups is 1. The summed E-state index contributed by atoms with van der Waals surface area (Å²) in [5.41, 5.74) is 1.35. The number of fused-ring (bicyclic) bond motifs is 1. The van der Waals surface area contributed by atoms with Crippen molar-refractivity contribution in [3.8, 4) is 0 Å². The molecule has 1 fully saturated rings. The van der Waals surface area contributed by atoms with Crippen molar-refractivity contribution in [3.63, 3.8) is 0 Å². The number of hydrogen-bond donors (Lipinski definition) is 0. The number of hydrogen-bond acceptors (Lipinski definition) is 6. The number of rotatable bonds is 5. The molecule has 148 valence electrons. The Hall–Kier alpha value is -1.81. The summed E-state index contributed by atoms with van der Waals surface area (Å²) < 4.78 is 52.7. The van der Waals surface area contributed by atoms with Gasteiger partial charge in [-0.25, -0.2) is 16.8 Å². The van der Waals surface area contributed by atoms with Crippen LogP contribution in [0.2, 0.25) is 0 Å². The Morgan fingerprint density at radius 3 is 2.75 bits per heavy atom. The Balaban J connectivity index is 1.83. The van der Waals surface area contributed by atoms with Gasteiger partial charge in [0.1, 0.15) is 4.90 Å². The molecule has 0 saturated carbocycles. The van der Waals surface area contributed by atoms with E-state index in [1.165, 1.54) is 15.6 Å². The van der Waals surface area contributed by atoms with Gasteiger partial charge in [-0.05, 0) is 42.5 Å². The molecular weight excluding hydrogens is 416 g/mol. The molecule has 9 heteroatoms. The zero-order valence-corrected chi connectivity index (χ0v) is 17.7. The summed E-state index contributed by atoms with van der Waals surface area (Å²) in [5, 5.41) is 2.63. The summed E-state index contributed by atoms with van der Waals surface area (Å²) in [6.45, 7) is 2.06. The van der Waals surface area contributed by atoms with E-state index in [9.17, 15) is 16.8 Å². The SMILES string of the molecule is Cc1cnc2c(S(=O)(=O)N(Cc3cccs3)C3CCS(=O)(=O)C3)cccc2c1. The number of nitrogens with zero attached hydrogens (tertiary/aromatic N) is 2. The highest BCUT2D eigenvalue weighted by atomic mass is 32.2. The molecule has 6 nitrogen and oxygen atoms in total. The first-order chi connectivity index (χ1) is 13.3. The molecule has 0 radical (unpaired) electrons. The molecule has 0 bridgehead atoms. The van der Waals surface area contributed by atoms with Gasteiger partial charge in [-0.1, -0.05) is 18.2 Å². The second kappa shape index (κ2) is 7.22. The minimum absolute atomic E-state index is 0.0150. The first kappa shape index (κ1) is 19.5. The van der Waals surface area contributed by atoms with E-state index in [2.05, 4.69) is 4.98 Å². The molecule has 4 rings (SSSR count). The first-order valence-electron chi connectivity index (χ1n) is 8.86. The van der Waals surface area contributed by atoms with Crippen molar-refractivity contribution in [1.29, 1.82) is 0 Å². The van der Waals surface area contributed by atoms with Gasteiger partial charge in [-0.3, -0.25) is 4.98 Å². The van der Waals surface area contributed by atoms with Crippen LogP contribution in [0.1, 0.15) is 16.9 Å². The zero-order valence-electron chi connectivity index (χ0n) is 15.3. The van der Waals surface area contributed by atoms with Crippen LogP contribution in [0.4, 0.5) is 0 Å². The van der Waals surface area contributed by atoms with Crippen LogP contribution in [0, 0.1) is 6.92 Å². The van der Waals surface area contributed by atoms with Crippen LogP contribution in [-0.2, 0) is 26.4 Å². The Morgan fingerprint density at radius 2 is 2.07 bits per heavy atom. The maximum Gasteiger partial charge on any atom is 0.245 e. The van der Waals surface area contributed by atoms with Gasteiger partial charge in [0.15, 0.2) is 9.84 Å². The van der Waals surface area contributed by atoms with Crippen LogP contribution in [0.15, 0.2) is 52.9 Å². The Labute approximate surface area is 168 Å². The van der Waals surface area contributed by atoms with Crippen LogP contribution < -0.4 is 0 Å². The van der Waals surface area contributed by atoms with E-state index < -0.39 is 25.9 Å². The fraction of sp³-hybridized carbons (Fsp3) is 0.316. The molecule has 1 aliphatic heterocycles. The molecule has 0 N–H and O–H groups in total. The third-order valence-corrected chi connectivity index (χ3v) is 9.45. The van der Waals surface area contributed by atoms with Crippen LogP contribution >= 0.6 is 11.3 Å². The van der Waals surface area contributed by atoms with E-state index >= 15 is 0 Å². The predicted octanol–water partition coefficient (Wildman–Crippen LogP) is 2.98. The first-order valence-corrected chi connectivity index (χ1v) is 13.0. The smallest absolute Gasteiger partial charge is 0.245 e. The second-order valence-electron chi connectivity index (χ2n) is 7.03. The third-order valence-electron chi connectivity index (χ3n) is 4.90. The van der Waals surface area contributed by atoms with Crippen molar-refractivity contribution in [2.75, 3.05) is 11.5 Å². The minimum atomic E-state index is -3.94. The molecule has 0 amide bonds. The molecule has 1 aliphatic rings. The second-order valence-corrected chi connectivity index (χ2v) is 12.1. The Bertz CT molecular complexity index is 1220. The van der Waals surface area contributed by atoms with Crippen molar-refractivity contribution in [2.45, 2.75) is 30.8 Å². The van der Waals surface area contributed by atoms with E-state index in [4.69, 9.17) is 0 Å². The number of thiophene rings is 1. The lowest BCUT2D eigenvalue weighted by molar-refractivity contribution is 0.337. The fourth-order valence-corrected chi connectivity index (χ4v) is 7.96. The summed E-state index contributed by atoms with van der Waals surface area (Å²) in [5.74, 6) is -0.129. The van der Waals surface area contributed by atoms with Gasteiger partial charge in [0.2, 0.25) is 10.0 Å². The number of aromatic nitrogens is 1. The Morgan fingerprint density at radius 1 is 1.25 bits per heavy atom. The van der Waals surface area contributed by atoms with E-state index in [0.717, 1.165) is 15.8 Å². The van der Waals surface area contributed by atoms with Gasteiger partial charge in [0, 0.05) is 29.0 Å². The molecule has 1 aromatic carbocycles. The topological polar surface area (TPSA) is 84.4 Å². The maximum absolute atomic E-state index is 13.7. The number of benzene rings is 1. The predicted molar refractivity (Wildman–Crippen MR) is 111 cm³/mol. The molecule has 0 aliphatic carbocycles. The fourth-order valence-electron chi connectivity index (χ4n) is 3.55. The number of sulfonamides is 1. The van der Waals surface area contributed by atoms with Crippen molar-refractivity contribution < 1.29 is 16.8 Å². The average molecular weight is 437 g/mol. The van der Waals surface area contributed by atoms with Crippen LogP contribution in [0.3, 0.4) is 0 Å². The molecule has 1 saturated heterocycles. The minimum Gasteiger partial charge on any atom is -0.255 e. The Kier molecular flexibility index (Phi) is 5.03. The van der Waals surface area contributed by atoms with Crippen LogP contribution in [-0.4, -0.2) is 43.7 Å². The van der Waals surface area contributed by atoms with E-state index in [1.807, 2.05) is 36.6 Å². The number of para-hydroxylation sites is 1. The molecule has 0 spiro atoms. The summed E-state index contributed by atoms with van der Waals surface area (Å²) in [4.78, 5) is 5.35. The van der Waals surface area contributed by atoms with Gasteiger partial charge in [0.25, 0.3) is 0 Å². The molecule has 1 unspecified atom stereocenters. The molecular formula is C19H20N2O4S3.